The van der Waals surface area contributed by atoms with Gasteiger partial charge in [0.1, 0.15) is 22.3 Å². The second-order valence-electron chi connectivity index (χ2n) is 11.1. The van der Waals surface area contributed by atoms with Crippen molar-refractivity contribution in [3.05, 3.63) is 63.9 Å². The van der Waals surface area contributed by atoms with Crippen molar-refractivity contribution in [3.8, 4) is 0 Å². The lowest BCUT2D eigenvalue weighted by atomic mass is 9.79. The van der Waals surface area contributed by atoms with E-state index in [9.17, 15) is 18.4 Å². The molecule has 11 heteroatoms. The largest absolute Gasteiger partial charge is 0.481 e. The van der Waals surface area contributed by atoms with Gasteiger partial charge in [-0.05, 0) is 55.6 Å². The molecule has 1 saturated heterocycles. The van der Waals surface area contributed by atoms with Gasteiger partial charge in [0.2, 0.25) is 5.91 Å². The lowest BCUT2D eigenvalue weighted by Crippen LogP contribution is -2.49. The van der Waals surface area contributed by atoms with Gasteiger partial charge in [0.25, 0.3) is 0 Å². The molecule has 210 valence electrons. The quantitative estimate of drug-likeness (QED) is 0.403. The van der Waals surface area contributed by atoms with Gasteiger partial charge in [0.05, 0.1) is 19.6 Å². The van der Waals surface area contributed by atoms with E-state index in [1.165, 1.54) is 6.07 Å². The number of carbonyl (C=O) groups excluding carboxylic acids is 1. The minimum atomic E-state index is -0.810. The van der Waals surface area contributed by atoms with Crippen LogP contribution in [0.2, 0.25) is 5.02 Å². The highest BCUT2D eigenvalue weighted by Crippen LogP contribution is 2.40. The van der Waals surface area contributed by atoms with Gasteiger partial charge < -0.3 is 14.6 Å². The Balaban J connectivity index is 0.00000353. The minimum Gasteiger partial charge on any atom is -0.481 e. The molecule has 0 saturated carbocycles. The fraction of sp³-hybridized carbons (Fsp3) is 0.464. The van der Waals surface area contributed by atoms with Gasteiger partial charge in [-0.1, -0.05) is 31.5 Å². The van der Waals surface area contributed by atoms with Crippen LogP contribution in [0.15, 0.2) is 30.5 Å². The van der Waals surface area contributed by atoms with E-state index in [4.69, 9.17) is 16.7 Å². The summed E-state index contributed by atoms with van der Waals surface area (Å²) in [5.41, 5.74) is 2.49. The van der Waals surface area contributed by atoms with Crippen LogP contribution in [0.3, 0.4) is 0 Å². The van der Waals surface area contributed by atoms with Crippen LogP contribution in [-0.2, 0) is 28.1 Å². The number of pyridine rings is 1. The maximum atomic E-state index is 14.9. The van der Waals surface area contributed by atoms with E-state index in [0.717, 1.165) is 35.6 Å². The average molecular weight is 581 g/mol. The highest BCUT2D eigenvalue weighted by Gasteiger charge is 2.39. The molecule has 3 aromatic rings. The number of hydrogen-bond acceptors (Lipinski definition) is 4. The van der Waals surface area contributed by atoms with E-state index in [-0.39, 0.29) is 54.7 Å². The number of piperidine rings is 1. The van der Waals surface area contributed by atoms with Crippen LogP contribution in [0.1, 0.15) is 49.9 Å². The number of benzene rings is 1. The van der Waals surface area contributed by atoms with Crippen LogP contribution in [0.5, 0.6) is 0 Å². The molecule has 1 aromatic carbocycles. The summed E-state index contributed by atoms with van der Waals surface area (Å²) in [6.45, 7) is 6.82. The van der Waals surface area contributed by atoms with Gasteiger partial charge >= 0.3 is 5.97 Å². The molecule has 1 N–H and O–H groups in total. The molecule has 7 nitrogen and oxygen atoms in total. The molecule has 0 aliphatic carbocycles. The van der Waals surface area contributed by atoms with Crippen molar-refractivity contribution in [2.24, 2.45) is 5.92 Å². The van der Waals surface area contributed by atoms with Gasteiger partial charge in [-0.2, -0.15) is 0 Å². The number of nitrogens with zero attached hydrogens (tertiary/aromatic N) is 4. The third-order valence-corrected chi connectivity index (χ3v) is 8.20. The lowest BCUT2D eigenvalue weighted by molar-refractivity contribution is -0.139. The molecule has 0 spiro atoms. The van der Waals surface area contributed by atoms with Crippen LogP contribution in [0, 0.1) is 17.6 Å². The molecular formula is C28H32Cl2F2N4O3. The summed E-state index contributed by atoms with van der Waals surface area (Å²) in [5, 5.41) is 9.48. The summed E-state index contributed by atoms with van der Waals surface area (Å²) in [7, 11) is 0. The number of carboxylic acid groups (broad SMARTS) is 1. The van der Waals surface area contributed by atoms with E-state index in [1.807, 2.05) is 21.6 Å². The van der Waals surface area contributed by atoms with Gasteiger partial charge in [-0.25, -0.2) is 13.8 Å². The van der Waals surface area contributed by atoms with Crippen molar-refractivity contribution in [2.45, 2.75) is 51.6 Å². The second-order valence-corrected chi connectivity index (χ2v) is 11.4. The molecule has 2 aromatic heterocycles. The van der Waals surface area contributed by atoms with E-state index in [1.54, 1.807) is 6.20 Å². The molecule has 0 radical (unpaired) electrons. The van der Waals surface area contributed by atoms with Gasteiger partial charge in [-0.3, -0.25) is 14.5 Å². The van der Waals surface area contributed by atoms with Gasteiger partial charge in [-0.15, -0.1) is 12.4 Å². The monoisotopic (exact) mass is 580 g/mol. The number of likely N-dealkylation sites (tertiary alicyclic amines) is 1. The highest BCUT2D eigenvalue weighted by atomic mass is 35.5. The summed E-state index contributed by atoms with van der Waals surface area (Å²) in [6.07, 6.45) is 3.38. The maximum Gasteiger partial charge on any atom is 0.303 e. The zero-order valence-electron chi connectivity index (χ0n) is 21.9. The molecule has 2 aliphatic heterocycles. The van der Waals surface area contributed by atoms with Gasteiger partial charge in [0.15, 0.2) is 0 Å². The van der Waals surface area contributed by atoms with Gasteiger partial charge in [0, 0.05) is 41.2 Å². The number of aliphatic carboxylic acids is 1. The van der Waals surface area contributed by atoms with Crippen LogP contribution >= 0.6 is 24.0 Å². The average Bonchev–Trinajstić information content (AvgIpc) is 3.19. The van der Waals surface area contributed by atoms with Crippen molar-refractivity contribution < 1.29 is 23.5 Å². The Labute approximate surface area is 237 Å². The fourth-order valence-corrected chi connectivity index (χ4v) is 6.21. The smallest absolute Gasteiger partial charge is 0.303 e. The predicted octanol–water partition coefficient (Wildman–Crippen LogP) is 5.24. The number of fused-ring (bicyclic) bond motifs is 3. The van der Waals surface area contributed by atoms with E-state index in [0.29, 0.717) is 31.8 Å². The standard InChI is InChI=1S/C28H31ClF2N4O3.ClH/c1-28(2)16-34(22(36)15-33-10-7-17(8-11-33)12-23(37)38)14-21-24(28)19-4-3-9-32-27(19)35(21)13-18-5-6-20(30)25(29)26(18)31;/h3-6,9,17H,7-8,10-16H2,1-2H3,(H,37,38);1H. The fourth-order valence-electron chi connectivity index (χ4n) is 6.03. The predicted molar refractivity (Wildman–Crippen MR) is 147 cm³/mol. The Kier molecular flexibility index (Phi) is 8.54. The number of rotatable bonds is 6. The molecule has 1 amide bonds. The Bertz CT molecular complexity index is 1400. The first-order chi connectivity index (χ1) is 18.0. The summed E-state index contributed by atoms with van der Waals surface area (Å²) in [4.78, 5) is 33.0. The number of aromatic nitrogens is 2. The third-order valence-electron chi connectivity index (χ3n) is 7.86. The van der Waals surface area contributed by atoms with Crippen molar-refractivity contribution in [2.75, 3.05) is 26.2 Å². The molecule has 4 heterocycles. The SMILES string of the molecule is CC1(C)CN(C(=O)CN2CCC(CC(=O)O)CC2)Cc2c1c1cccnc1n2Cc1ccc(F)c(Cl)c1F.Cl. The van der Waals surface area contributed by atoms with Crippen LogP contribution in [0.25, 0.3) is 11.0 Å². The molecule has 39 heavy (non-hydrogen) atoms. The topological polar surface area (TPSA) is 78.7 Å². The van der Waals surface area contributed by atoms with Crippen molar-refractivity contribution in [1.29, 1.82) is 0 Å². The normalized spacial score (nSPS) is 17.6. The molecule has 0 unspecified atom stereocenters. The first-order valence-corrected chi connectivity index (χ1v) is 13.2. The number of halogens is 4. The first kappa shape index (κ1) is 29.2. The van der Waals surface area contributed by atoms with Crippen LogP contribution < -0.4 is 0 Å². The summed E-state index contributed by atoms with van der Waals surface area (Å²) in [5.74, 6) is -2.23. The zero-order chi connectivity index (χ0) is 27.2. The molecule has 2 aliphatic rings. The van der Waals surface area contributed by atoms with Crippen LogP contribution in [-0.4, -0.2) is 62.5 Å². The number of carbonyl (C=O) groups is 2. The second kappa shape index (κ2) is 11.4. The maximum absolute atomic E-state index is 14.9. The molecule has 1 fully saturated rings. The van der Waals surface area contributed by atoms with E-state index >= 15 is 0 Å². The number of carboxylic acids is 1. The van der Waals surface area contributed by atoms with E-state index < -0.39 is 22.6 Å². The Hall–Kier alpha value is -2.75. The van der Waals surface area contributed by atoms with Crippen molar-refractivity contribution >= 4 is 46.9 Å². The summed E-state index contributed by atoms with van der Waals surface area (Å²) < 4.78 is 30.6. The number of amides is 1. The molecular weight excluding hydrogens is 549 g/mol. The summed E-state index contributed by atoms with van der Waals surface area (Å²) >= 11 is 5.86. The number of hydrogen-bond donors (Lipinski definition) is 1. The van der Waals surface area contributed by atoms with Crippen LogP contribution in [0.4, 0.5) is 8.78 Å². The first-order valence-electron chi connectivity index (χ1n) is 12.9. The Morgan fingerprint density at radius 3 is 2.59 bits per heavy atom. The third kappa shape index (κ3) is 5.76. The molecule has 0 bridgehead atoms. The Morgan fingerprint density at radius 1 is 1.18 bits per heavy atom. The highest BCUT2D eigenvalue weighted by molar-refractivity contribution is 6.30. The van der Waals surface area contributed by atoms with E-state index in [2.05, 4.69) is 23.7 Å². The molecule has 5 rings (SSSR count). The zero-order valence-corrected chi connectivity index (χ0v) is 23.5. The summed E-state index contributed by atoms with van der Waals surface area (Å²) in [6, 6.07) is 6.41. The lowest BCUT2D eigenvalue weighted by Gasteiger charge is -2.40. The molecule has 0 atom stereocenters. The van der Waals surface area contributed by atoms with Crippen molar-refractivity contribution in [1.82, 2.24) is 19.4 Å². The Morgan fingerprint density at radius 2 is 1.90 bits per heavy atom. The minimum absolute atomic E-state index is 0. The van der Waals surface area contributed by atoms with Crippen molar-refractivity contribution in [3.63, 3.8) is 0 Å².